The Bertz CT molecular complexity index is 623. The molecule has 0 aromatic carbocycles. The van der Waals surface area contributed by atoms with Gasteiger partial charge in [0.25, 0.3) is 11.8 Å². The molecule has 3 N–H and O–H groups in total. The third-order valence-corrected chi connectivity index (χ3v) is 5.41. The number of imide groups is 1. The summed E-state index contributed by atoms with van der Waals surface area (Å²) in [6.07, 6.45) is -1.94. The lowest BCUT2D eigenvalue weighted by Gasteiger charge is -2.41. The number of carbonyl (C=O) groups excluding carboxylic acids is 4. The summed E-state index contributed by atoms with van der Waals surface area (Å²) >= 11 is 0. The van der Waals surface area contributed by atoms with Gasteiger partial charge in [0, 0.05) is 32.2 Å². The van der Waals surface area contributed by atoms with Crippen LogP contribution in [-0.2, 0) is 33.5 Å². The van der Waals surface area contributed by atoms with Gasteiger partial charge in [-0.25, -0.2) is 4.79 Å². The number of carbonyl (C=O) groups is 4. The maximum absolute atomic E-state index is 11.8. The van der Waals surface area contributed by atoms with E-state index in [1.54, 1.807) is 0 Å². The summed E-state index contributed by atoms with van der Waals surface area (Å²) in [5.41, 5.74) is 0. The average molecular weight is 430 g/mol. The lowest BCUT2D eigenvalue weighted by atomic mass is 9.84. The van der Waals surface area contributed by atoms with E-state index >= 15 is 0 Å². The number of nitrogens with one attached hydrogen (secondary N) is 1. The van der Waals surface area contributed by atoms with Crippen molar-refractivity contribution in [2.45, 2.75) is 64.4 Å². The van der Waals surface area contributed by atoms with E-state index in [-0.39, 0.29) is 69.6 Å². The Morgan fingerprint density at radius 1 is 1.17 bits per heavy atom. The van der Waals surface area contributed by atoms with Crippen molar-refractivity contribution < 1.29 is 43.7 Å². The van der Waals surface area contributed by atoms with Crippen molar-refractivity contribution in [2.75, 3.05) is 19.8 Å². The van der Waals surface area contributed by atoms with Gasteiger partial charge >= 0.3 is 5.97 Å². The van der Waals surface area contributed by atoms with Crippen LogP contribution in [0.1, 0.15) is 46.0 Å². The van der Waals surface area contributed by atoms with Crippen LogP contribution in [0, 0.1) is 11.8 Å². The summed E-state index contributed by atoms with van der Waals surface area (Å²) in [5.74, 6) is -2.28. The molecule has 30 heavy (non-hydrogen) atoms. The second-order valence-corrected chi connectivity index (χ2v) is 7.55. The molecule has 2 heterocycles. The zero-order chi connectivity index (χ0) is 22.3. The van der Waals surface area contributed by atoms with Crippen LogP contribution < -0.4 is 5.32 Å². The molecule has 11 nitrogen and oxygen atoms in total. The molecule has 3 amide bonds. The monoisotopic (exact) mass is 430 g/mol. The predicted molar refractivity (Wildman–Crippen MR) is 100 cm³/mol. The molecule has 2 fully saturated rings. The van der Waals surface area contributed by atoms with E-state index in [1.807, 2.05) is 13.8 Å². The highest BCUT2D eigenvalue weighted by atomic mass is 16.7. The van der Waals surface area contributed by atoms with Crippen molar-refractivity contribution in [3.05, 3.63) is 0 Å². The lowest BCUT2D eigenvalue weighted by molar-refractivity contribution is -0.274. The van der Waals surface area contributed by atoms with Gasteiger partial charge in [-0.1, -0.05) is 13.8 Å². The molecule has 0 aromatic heterocycles. The maximum atomic E-state index is 11.8. The summed E-state index contributed by atoms with van der Waals surface area (Å²) < 4.78 is 11.1. The SMILES string of the molecule is CC1C(O)[C@H](OCCNC(=O)CCCC(=O)ON2C(=O)CCC2=O)OC(CO)[C@H]1C. The highest BCUT2D eigenvalue weighted by Crippen LogP contribution is 2.30. The van der Waals surface area contributed by atoms with Gasteiger partial charge in [-0.2, -0.15) is 0 Å². The lowest BCUT2D eigenvalue weighted by Crippen LogP contribution is -2.51. The standard InChI is InChI=1S/C19H30N2O9/c1-11-12(2)18(27)19(29-13(11)10-22)28-9-8-20-14(23)4-3-5-17(26)30-21-15(24)6-7-16(21)25/h11-13,18-19,22,27H,3-10H2,1-2H3,(H,20,23)/t11-,12?,13?,18?,19+/m0/s1. The number of aliphatic hydroxyl groups is 2. The normalized spacial score (nSPS) is 29.2. The molecule has 2 saturated heterocycles. The number of hydroxylamine groups is 2. The fourth-order valence-corrected chi connectivity index (χ4v) is 3.27. The van der Waals surface area contributed by atoms with Gasteiger partial charge in [-0.15, -0.1) is 5.06 Å². The van der Waals surface area contributed by atoms with Crippen LogP contribution in [0.5, 0.6) is 0 Å². The Kier molecular flexibility index (Phi) is 9.15. The van der Waals surface area contributed by atoms with E-state index in [4.69, 9.17) is 14.3 Å². The van der Waals surface area contributed by atoms with Crippen molar-refractivity contribution in [3.8, 4) is 0 Å². The Morgan fingerprint density at radius 2 is 1.83 bits per heavy atom. The van der Waals surface area contributed by atoms with Gasteiger partial charge in [-0.05, 0) is 18.3 Å². The quantitative estimate of drug-likeness (QED) is 0.300. The first-order valence-corrected chi connectivity index (χ1v) is 10.1. The first kappa shape index (κ1) is 24.2. The summed E-state index contributed by atoms with van der Waals surface area (Å²) in [7, 11) is 0. The fraction of sp³-hybridized carbons (Fsp3) is 0.789. The smallest absolute Gasteiger partial charge is 0.333 e. The fourth-order valence-electron chi connectivity index (χ4n) is 3.27. The van der Waals surface area contributed by atoms with Crippen molar-refractivity contribution in [1.29, 1.82) is 0 Å². The topological polar surface area (TPSA) is 152 Å². The predicted octanol–water partition coefficient (Wildman–Crippen LogP) is -0.753. The Labute approximate surface area is 174 Å². The average Bonchev–Trinajstić information content (AvgIpc) is 3.03. The van der Waals surface area contributed by atoms with Gasteiger partial charge in [0.2, 0.25) is 5.91 Å². The van der Waals surface area contributed by atoms with Crippen LogP contribution in [0.25, 0.3) is 0 Å². The number of nitrogens with zero attached hydrogens (tertiary/aromatic N) is 1. The van der Waals surface area contributed by atoms with E-state index in [2.05, 4.69) is 5.32 Å². The van der Waals surface area contributed by atoms with Crippen LogP contribution in [0.15, 0.2) is 0 Å². The number of rotatable bonds is 10. The van der Waals surface area contributed by atoms with Crippen LogP contribution in [-0.4, -0.2) is 77.2 Å². The van der Waals surface area contributed by atoms with Crippen LogP contribution in [0.3, 0.4) is 0 Å². The number of hydrogen-bond acceptors (Lipinski definition) is 9. The number of aliphatic hydroxyl groups excluding tert-OH is 2. The molecular formula is C19H30N2O9. The number of hydrogen-bond donors (Lipinski definition) is 3. The third-order valence-electron chi connectivity index (χ3n) is 5.41. The summed E-state index contributed by atoms with van der Waals surface area (Å²) in [6.45, 7) is 3.87. The van der Waals surface area contributed by atoms with Gasteiger partial charge < -0.3 is 29.8 Å². The molecule has 3 unspecified atom stereocenters. The van der Waals surface area contributed by atoms with Gasteiger partial charge in [0.15, 0.2) is 6.29 Å². The molecular weight excluding hydrogens is 400 g/mol. The van der Waals surface area contributed by atoms with Crippen molar-refractivity contribution >= 4 is 23.7 Å². The molecule has 2 aliphatic rings. The van der Waals surface area contributed by atoms with E-state index in [0.717, 1.165) is 0 Å². The maximum Gasteiger partial charge on any atom is 0.333 e. The molecule has 0 bridgehead atoms. The number of amides is 3. The Morgan fingerprint density at radius 3 is 2.47 bits per heavy atom. The summed E-state index contributed by atoms with van der Waals surface area (Å²) in [6, 6.07) is 0. The molecule has 11 heteroatoms. The molecule has 2 rings (SSSR count). The molecule has 170 valence electrons. The first-order chi connectivity index (χ1) is 14.2. The van der Waals surface area contributed by atoms with Gasteiger partial charge in [0.1, 0.15) is 6.10 Å². The molecule has 0 aliphatic carbocycles. The zero-order valence-electron chi connectivity index (χ0n) is 17.2. The highest BCUT2D eigenvalue weighted by Gasteiger charge is 2.40. The summed E-state index contributed by atoms with van der Waals surface area (Å²) in [5, 5.41) is 22.7. The highest BCUT2D eigenvalue weighted by molar-refractivity contribution is 6.01. The van der Waals surface area contributed by atoms with E-state index in [9.17, 15) is 29.4 Å². The Hall–Kier alpha value is -2.08. The zero-order valence-corrected chi connectivity index (χ0v) is 17.2. The molecule has 0 saturated carbocycles. The second kappa shape index (κ2) is 11.3. The molecule has 5 atom stereocenters. The van der Waals surface area contributed by atoms with E-state index < -0.39 is 36.3 Å². The number of ether oxygens (including phenoxy) is 2. The van der Waals surface area contributed by atoms with Gasteiger partial charge in [-0.3, -0.25) is 14.4 Å². The van der Waals surface area contributed by atoms with Crippen molar-refractivity contribution in [3.63, 3.8) is 0 Å². The van der Waals surface area contributed by atoms with E-state index in [1.165, 1.54) is 0 Å². The largest absolute Gasteiger partial charge is 0.394 e. The minimum atomic E-state index is -0.879. The minimum absolute atomic E-state index is 0.0158. The van der Waals surface area contributed by atoms with Crippen molar-refractivity contribution in [2.24, 2.45) is 11.8 Å². The van der Waals surface area contributed by atoms with E-state index in [0.29, 0.717) is 5.06 Å². The first-order valence-electron chi connectivity index (χ1n) is 10.1. The third kappa shape index (κ3) is 6.46. The van der Waals surface area contributed by atoms with Crippen molar-refractivity contribution in [1.82, 2.24) is 10.4 Å². The van der Waals surface area contributed by atoms with Crippen LogP contribution in [0.2, 0.25) is 0 Å². The summed E-state index contributed by atoms with van der Waals surface area (Å²) in [4.78, 5) is 50.9. The van der Waals surface area contributed by atoms with Gasteiger partial charge in [0.05, 0.1) is 19.3 Å². The Balaban J connectivity index is 1.58. The molecule has 0 spiro atoms. The molecule has 2 aliphatic heterocycles. The molecule has 0 aromatic rings. The molecule has 0 radical (unpaired) electrons. The minimum Gasteiger partial charge on any atom is -0.394 e. The van der Waals surface area contributed by atoms with Crippen LogP contribution in [0.4, 0.5) is 0 Å². The second-order valence-electron chi connectivity index (χ2n) is 7.55. The van der Waals surface area contributed by atoms with Crippen LogP contribution >= 0.6 is 0 Å².